The van der Waals surface area contributed by atoms with E-state index in [0.717, 1.165) is 6.61 Å². The Morgan fingerprint density at radius 3 is 2.38 bits per heavy atom. The van der Waals surface area contributed by atoms with Crippen LogP contribution in [0.25, 0.3) is 0 Å². The maximum atomic E-state index is 5.54. The summed E-state index contributed by atoms with van der Waals surface area (Å²) >= 11 is 1.49. The third-order valence-electron chi connectivity index (χ3n) is 2.48. The van der Waals surface area contributed by atoms with E-state index >= 15 is 0 Å². The number of hydrogen-bond donors (Lipinski definition) is 0. The van der Waals surface area contributed by atoms with Gasteiger partial charge in [0.15, 0.2) is 0 Å². The summed E-state index contributed by atoms with van der Waals surface area (Å²) in [6.45, 7) is 3.12. The molecular formula is C14H22OS. The number of benzene rings is 1. The topological polar surface area (TPSA) is 9.23 Å². The molecule has 0 aliphatic carbocycles. The van der Waals surface area contributed by atoms with Gasteiger partial charge in [-0.05, 0) is 18.6 Å². The first kappa shape index (κ1) is 13.6. The van der Waals surface area contributed by atoms with Crippen LogP contribution in [0.3, 0.4) is 0 Å². The van der Waals surface area contributed by atoms with Crippen molar-refractivity contribution >= 4 is 12.0 Å². The summed E-state index contributed by atoms with van der Waals surface area (Å²) in [5.41, 5.74) is 0. The van der Waals surface area contributed by atoms with Gasteiger partial charge >= 0.3 is 0 Å². The molecule has 0 atom stereocenters. The molecule has 0 amide bonds. The van der Waals surface area contributed by atoms with Crippen molar-refractivity contribution in [3.8, 4) is 0 Å². The number of hydrogen-bond acceptors (Lipinski definition) is 2. The highest BCUT2D eigenvalue weighted by Crippen LogP contribution is 2.18. The van der Waals surface area contributed by atoms with Crippen molar-refractivity contribution in [1.82, 2.24) is 0 Å². The zero-order chi connectivity index (χ0) is 11.5. The van der Waals surface area contributed by atoms with Gasteiger partial charge < -0.3 is 4.18 Å². The van der Waals surface area contributed by atoms with E-state index in [2.05, 4.69) is 19.1 Å². The molecule has 2 heteroatoms. The van der Waals surface area contributed by atoms with Gasteiger partial charge in [-0.25, -0.2) is 0 Å². The molecular weight excluding hydrogens is 216 g/mol. The molecule has 1 aromatic carbocycles. The summed E-state index contributed by atoms with van der Waals surface area (Å²) in [4.78, 5) is 1.19. The van der Waals surface area contributed by atoms with Crippen LogP contribution < -0.4 is 0 Å². The minimum atomic E-state index is 0.867. The fourth-order valence-electron chi connectivity index (χ4n) is 1.53. The molecule has 0 aliphatic rings. The molecule has 0 N–H and O–H groups in total. The van der Waals surface area contributed by atoms with Gasteiger partial charge in [0.05, 0.1) is 6.61 Å². The number of rotatable bonds is 9. The molecule has 0 radical (unpaired) electrons. The molecule has 1 aromatic rings. The highest BCUT2D eigenvalue weighted by Gasteiger charge is 1.94. The Labute approximate surface area is 104 Å². The lowest BCUT2D eigenvalue weighted by Gasteiger charge is -2.02. The molecule has 0 aliphatic heterocycles. The second kappa shape index (κ2) is 9.73. The zero-order valence-corrected chi connectivity index (χ0v) is 11.0. The van der Waals surface area contributed by atoms with Crippen LogP contribution in [0.2, 0.25) is 0 Å². The molecule has 0 aromatic heterocycles. The quantitative estimate of drug-likeness (QED) is 0.439. The second-order valence-electron chi connectivity index (χ2n) is 3.99. The Hall–Kier alpha value is -0.470. The molecule has 16 heavy (non-hydrogen) atoms. The van der Waals surface area contributed by atoms with Crippen molar-refractivity contribution in [2.24, 2.45) is 0 Å². The lowest BCUT2D eigenvalue weighted by atomic mass is 10.1. The zero-order valence-electron chi connectivity index (χ0n) is 10.2. The number of unbranched alkanes of at least 4 members (excludes halogenated alkanes) is 5. The van der Waals surface area contributed by atoms with Crippen molar-refractivity contribution in [3.05, 3.63) is 30.3 Å². The maximum Gasteiger partial charge on any atom is 0.0618 e. The molecule has 0 bridgehead atoms. The first-order chi connectivity index (χ1) is 7.93. The first-order valence-electron chi connectivity index (χ1n) is 6.28. The van der Waals surface area contributed by atoms with Crippen LogP contribution in [0.5, 0.6) is 0 Å². The lowest BCUT2D eigenvalue weighted by molar-refractivity contribution is 0.355. The highest BCUT2D eigenvalue weighted by atomic mass is 32.2. The van der Waals surface area contributed by atoms with E-state index < -0.39 is 0 Å². The maximum absolute atomic E-state index is 5.54. The predicted molar refractivity (Wildman–Crippen MR) is 71.6 cm³/mol. The van der Waals surface area contributed by atoms with Gasteiger partial charge in [0, 0.05) is 16.9 Å². The third-order valence-corrected chi connectivity index (χ3v) is 3.23. The van der Waals surface area contributed by atoms with Crippen LogP contribution in [-0.2, 0) is 4.18 Å². The van der Waals surface area contributed by atoms with Gasteiger partial charge in [-0.3, -0.25) is 0 Å². The molecule has 0 spiro atoms. The molecule has 0 saturated heterocycles. The highest BCUT2D eigenvalue weighted by molar-refractivity contribution is 7.94. The van der Waals surface area contributed by atoms with Crippen molar-refractivity contribution in [2.75, 3.05) is 6.61 Å². The average molecular weight is 238 g/mol. The summed E-state index contributed by atoms with van der Waals surface area (Å²) < 4.78 is 5.54. The van der Waals surface area contributed by atoms with Crippen LogP contribution in [-0.4, -0.2) is 6.61 Å². The van der Waals surface area contributed by atoms with Crippen molar-refractivity contribution in [3.63, 3.8) is 0 Å². The molecule has 90 valence electrons. The van der Waals surface area contributed by atoms with Crippen molar-refractivity contribution in [2.45, 2.75) is 50.3 Å². The van der Waals surface area contributed by atoms with Gasteiger partial charge in [-0.1, -0.05) is 57.2 Å². The molecule has 0 saturated carbocycles. The minimum absolute atomic E-state index is 0.867. The van der Waals surface area contributed by atoms with Crippen molar-refractivity contribution < 1.29 is 4.18 Å². The van der Waals surface area contributed by atoms with Crippen LogP contribution in [0.1, 0.15) is 45.4 Å². The summed E-state index contributed by atoms with van der Waals surface area (Å²) in [5.74, 6) is 0. The van der Waals surface area contributed by atoms with Gasteiger partial charge in [-0.2, -0.15) is 0 Å². The molecule has 1 rings (SSSR count). The predicted octanol–water partition coefficient (Wildman–Crippen LogP) is 5.07. The van der Waals surface area contributed by atoms with Gasteiger partial charge in [0.1, 0.15) is 0 Å². The van der Waals surface area contributed by atoms with Crippen LogP contribution in [0.4, 0.5) is 0 Å². The van der Waals surface area contributed by atoms with Crippen LogP contribution in [0.15, 0.2) is 35.2 Å². The van der Waals surface area contributed by atoms with E-state index in [0.29, 0.717) is 0 Å². The molecule has 0 heterocycles. The summed E-state index contributed by atoms with van der Waals surface area (Å²) in [6, 6.07) is 10.3. The smallest absolute Gasteiger partial charge is 0.0618 e. The molecule has 0 fully saturated rings. The first-order valence-corrected chi connectivity index (χ1v) is 7.02. The van der Waals surface area contributed by atoms with Gasteiger partial charge in [-0.15, -0.1) is 0 Å². The monoisotopic (exact) mass is 238 g/mol. The normalized spacial score (nSPS) is 10.6. The average Bonchev–Trinajstić information content (AvgIpc) is 2.34. The minimum Gasteiger partial charge on any atom is -0.310 e. The largest absolute Gasteiger partial charge is 0.310 e. The van der Waals surface area contributed by atoms with Gasteiger partial charge in [0.25, 0.3) is 0 Å². The summed E-state index contributed by atoms with van der Waals surface area (Å²) in [7, 11) is 0. The van der Waals surface area contributed by atoms with E-state index in [1.165, 1.54) is 55.5 Å². The SMILES string of the molecule is CCCCCCCCOSc1ccccc1. The van der Waals surface area contributed by atoms with Crippen LogP contribution >= 0.6 is 12.0 Å². The van der Waals surface area contributed by atoms with Crippen molar-refractivity contribution in [1.29, 1.82) is 0 Å². The van der Waals surface area contributed by atoms with E-state index in [1.54, 1.807) is 0 Å². The fraction of sp³-hybridized carbons (Fsp3) is 0.571. The Morgan fingerprint density at radius 2 is 1.62 bits per heavy atom. The Morgan fingerprint density at radius 1 is 0.938 bits per heavy atom. The van der Waals surface area contributed by atoms with E-state index in [4.69, 9.17) is 4.18 Å². The van der Waals surface area contributed by atoms with E-state index in [9.17, 15) is 0 Å². The fourth-order valence-corrected chi connectivity index (χ4v) is 2.13. The van der Waals surface area contributed by atoms with E-state index in [1.807, 2.05) is 18.2 Å². The Balaban J connectivity index is 1.89. The summed E-state index contributed by atoms with van der Waals surface area (Å²) in [5, 5.41) is 0. The van der Waals surface area contributed by atoms with E-state index in [-0.39, 0.29) is 0 Å². The van der Waals surface area contributed by atoms with Gasteiger partial charge in [0.2, 0.25) is 0 Å². The second-order valence-corrected chi connectivity index (χ2v) is 4.86. The summed E-state index contributed by atoms with van der Waals surface area (Å²) in [6.07, 6.45) is 7.91. The lowest BCUT2D eigenvalue weighted by Crippen LogP contribution is -1.87. The molecule has 1 nitrogen and oxygen atoms in total. The molecule has 0 unspecified atom stereocenters. The van der Waals surface area contributed by atoms with Crippen LogP contribution in [0, 0.1) is 0 Å². The Bertz CT molecular complexity index is 248. The third kappa shape index (κ3) is 6.91. The standard InChI is InChI=1S/C14H22OS/c1-2-3-4-5-6-10-13-15-16-14-11-8-7-9-12-14/h7-9,11-12H,2-6,10,13H2,1H3. The Kier molecular flexibility index (Phi) is 8.27.